The molecule has 2 aromatic heterocycles. The number of ether oxygens (including phenoxy) is 1. The molecule has 7 heteroatoms. The van der Waals surface area contributed by atoms with Crippen molar-refractivity contribution in [3.8, 4) is 18.1 Å². The first kappa shape index (κ1) is 15.1. The van der Waals surface area contributed by atoms with Crippen molar-refractivity contribution >= 4 is 27.5 Å². The van der Waals surface area contributed by atoms with E-state index in [1.165, 1.54) is 16.0 Å². The summed E-state index contributed by atoms with van der Waals surface area (Å²) in [4.78, 5) is 17.1. The molecule has 0 saturated carbocycles. The highest BCUT2D eigenvalue weighted by Gasteiger charge is 2.11. The van der Waals surface area contributed by atoms with E-state index in [9.17, 15) is 4.79 Å². The van der Waals surface area contributed by atoms with Gasteiger partial charge in [0.1, 0.15) is 11.4 Å². The van der Waals surface area contributed by atoms with E-state index < -0.39 is 0 Å². The van der Waals surface area contributed by atoms with Crippen LogP contribution < -0.4 is 9.54 Å². The Hall–Kier alpha value is -2.85. The molecule has 0 radical (unpaired) electrons. The molecule has 116 valence electrons. The van der Waals surface area contributed by atoms with Crippen molar-refractivity contribution in [3.05, 3.63) is 41.0 Å². The van der Waals surface area contributed by atoms with Crippen molar-refractivity contribution in [2.75, 3.05) is 7.11 Å². The molecule has 23 heavy (non-hydrogen) atoms. The second-order valence-corrected chi connectivity index (χ2v) is 5.77. The van der Waals surface area contributed by atoms with Gasteiger partial charge < -0.3 is 9.30 Å². The monoisotopic (exact) mass is 326 g/mol. The molecule has 0 spiro atoms. The number of hydrogen-bond donors (Lipinski definition) is 0. The number of rotatable bonds is 3. The van der Waals surface area contributed by atoms with Gasteiger partial charge in [-0.15, -0.1) is 6.42 Å². The van der Waals surface area contributed by atoms with E-state index in [0.717, 1.165) is 16.0 Å². The predicted octanol–water partition coefficient (Wildman–Crippen LogP) is 1.82. The van der Waals surface area contributed by atoms with Gasteiger partial charge in [-0.2, -0.15) is 10.1 Å². The Labute approximate surface area is 136 Å². The van der Waals surface area contributed by atoms with E-state index >= 15 is 0 Å². The fourth-order valence-electron chi connectivity index (χ4n) is 2.24. The summed E-state index contributed by atoms with van der Waals surface area (Å²) in [5, 5.41) is 3.99. The maximum Gasteiger partial charge on any atom is 0.297 e. The number of nitrogens with zero attached hydrogens (tertiary/aromatic N) is 4. The smallest absolute Gasteiger partial charge is 0.297 e. The lowest BCUT2D eigenvalue weighted by Gasteiger charge is -2.01. The van der Waals surface area contributed by atoms with Crippen LogP contribution in [0.25, 0.3) is 10.2 Å². The maximum atomic E-state index is 12.3. The molecule has 1 aromatic carbocycles. The van der Waals surface area contributed by atoms with Crippen molar-refractivity contribution in [3.63, 3.8) is 0 Å². The molecular formula is C16H14N4O2S. The topological polar surface area (TPSA) is 61.4 Å². The summed E-state index contributed by atoms with van der Waals surface area (Å²) in [5.41, 5.74) is 1.35. The van der Waals surface area contributed by atoms with Crippen molar-refractivity contribution in [2.45, 2.75) is 6.54 Å². The minimum Gasteiger partial charge on any atom is -0.497 e. The van der Waals surface area contributed by atoms with E-state index in [0.29, 0.717) is 17.0 Å². The maximum absolute atomic E-state index is 12.3. The van der Waals surface area contributed by atoms with Gasteiger partial charge in [-0.1, -0.05) is 17.3 Å². The Kier molecular flexibility index (Phi) is 4.00. The number of hydrogen-bond acceptors (Lipinski definition) is 4. The van der Waals surface area contributed by atoms with Gasteiger partial charge in [0.25, 0.3) is 5.91 Å². The van der Waals surface area contributed by atoms with Gasteiger partial charge in [0, 0.05) is 13.2 Å². The summed E-state index contributed by atoms with van der Waals surface area (Å²) in [6, 6.07) is 7.30. The van der Waals surface area contributed by atoms with Crippen molar-refractivity contribution < 1.29 is 9.53 Å². The first-order valence-corrected chi connectivity index (χ1v) is 7.63. The molecule has 0 N–H and O–H groups in total. The third-order valence-electron chi connectivity index (χ3n) is 3.38. The Morgan fingerprint density at radius 2 is 2.30 bits per heavy atom. The van der Waals surface area contributed by atoms with Gasteiger partial charge in [0.15, 0.2) is 4.80 Å². The first-order chi connectivity index (χ1) is 11.1. The minimum atomic E-state index is -0.353. The summed E-state index contributed by atoms with van der Waals surface area (Å²) in [7, 11) is 3.31. The van der Waals surface area contributed by atoms with Crippen LogP contribution in [-0.2, 0) is 13.6 Å². The van der Waals surface area contributed by atoms with Crippen LogP contribution in [0.3, 0.4) is 0 Å². The number of aryl methyl sites for hydroxylation is 1. The average molecular weight is 326 g/mol. The lowest BCUT2D eigenvalue weighted by atomic mass is 10.3. The fraction of sp³-hybridized carbons (Fsp3) is 0.188. The molecule has 3 rings (SSSR count). The number of aromatic nitrogens is 3. The van der Waals surface area contributed by atoms with Crippen LogP contribution >= 0.6 is 11.3 Å². The molecule has 2 heterocycles. The van der Waals surface area contributed by atoms with Crippen LogP contribution in [0.15, 0.2) is 35.5 Å². The standard InChI is InChI=1S/C16H14N4O2S/c1-4-9-20-12-6-5-11(22-3)10-14(12)23-16(20)18-15(21)13-7-8-17-19(13)2/h1,5-8,10H,9H2,2-3H3. The van der Waals surface area contributed by atoms with Gasteiger partial charge in [0.2, 0.25) is 0 Å². The van der Waals surface area contributed by atoms with E-state index in [1.54, 1.807) is 26.4 Å². The minimum absolute atomic E-state index is 0.337. The van der Waals surface area contributed by atoms with E-state index in [2.05, 4.69) is 16.0 Å². The summed E-state index contributed by atoms with van der Waals surface area (Å²) in [6.07, 6.45) is 7.02. The number of terminal acetylenes is 1. The third kappa shape index (κ3) is 2.76. The highest BCUT2D eigenvalue weighted by molar-refractivity contribution is 7.16. The molecule has 0 aliphatic carbocycles. The number of methoxy groups -OCH3 is 1. The zero-order chi connectivity index (χ0) is 16.4. The number of thiazole rings is 1. The SMILES string of the molecule is C#CCn1c(=NC(=O)c2ccnn2C)sc2cc(OC)ccc21. The second-order valence-electron chi connectivity index (χ2n) is 4.77. The summed E-state index contributed by atoms with van der Waals surface area (Å²) >= 11 is 1.40. The lowest BCUT2D eigenvalue weighted by molar-refractivity contribution is 0.0989. The van der Waals surface area contributed by atoms with Crippen molar-refractivity contribution in [1.29, 1.82) is 0 Å². The Balaban J connectivity index is 2.18. The molecular weight excluding hydrogens is 312 g/mol. The normalized spacial score (nSPS) is 11.6. The summed E-state index contributed by atoms with van der Waals surface area (Å²) in [6.45, 7) is 0.337. The van der Waals surface area contributed by atoms with Gasteiger partial charge in [-0.25, -0.2) is 0 Å². The van der Waals surface area contributed by atoms with Crippen LogP contribution in [-0.4, -0.2) is 27.4 Å². The van der Waals surface area contributed by atoms with Gasteiger partial charge in [-0.3, -0.25) is 9.48 Å². The predicted molar refractivity (Wildman–Crippen MR) is 88.3 cm³/mol. The largest absolute Gasteiger partial charge is 0.497 e. The van der Waals surface area contributed by atoms with Gasteiger partial charge in [-0.05, 0) is 24.3 Å². The molecule has 0 saturated heterocycles. The molecule has 0 aliphatic rings. The van der Waals surface area contributed by atoms with Crippen LogP contribution in [0, 0.1) is 12.3 Å². The lowest BCUT2D eigenvalue weighted by Crippen LogP contribution is -2.17. The zero-order valence-electron chi connectivity index (χ0n) is 12.7. The molecule has 3 aromatic rings. The molecule has 0 atom stereocenters. The van der Waals surface area contributed by atoms with Crippen molar-refractivity contribution in [1.82, 2.24) is 14.3 Å². The number of fused-ring (bicyclic) bond motifs is 1. The van der Waals surface area contributed by atoms with Crippen LogP contribution in [0.5, 0.6) is 5.75 Å². The summed E-state index contributed by atoms with van der Waals surface area (Å²) in [5.74, 6) is 2.99. The molecule has 0 bridgehead atoms. The van der Waals surface area contributed by atoms with Crippen LogP contribution in [0.4, 0.5) is 0 Å². The molecule has 0 unspecified atom stereocenters. The number of benzene rings is 1. The molecule has 0 aliphatic heterocycles. The Bertz CT molecular complexity index is 988. The molecule has 0 fully saturated rings. The zero-order valence-corrected chi connectivity index (χ0v) is 13.5. The van der Waals surface area contributed by atoms with E-state index in [1.807, 2.05) is 22.8 Å². The summed E-state index contributed by atoms with van der Waals surface area (Å²) < 4.78 is 9.52. The highest BCUT2D eigenvalue weighted by atomic mass is 32.1. The van der Waals surface area contributed by atoms with Crippen molar-refractivity contribution in [2.24, 2.45) is 12.0 Å². The number of carbonyl (C=O) groups excluding carboxylic acids is 1. The Morgan fingerprint density at radius 1 is 1.48 bits per heavy atom. The average Bonchev–Trinajstić information content (AvgIpc) is 3.11. The molecule has 6 nitrogen and oxygen atoms in total. The highest BCUT2D eigenvalue weighted by Crippen LogP contribution is 2.23. The quantitative estimate of drug-likeness (QED) is 0.690. The first-order valence-electron chi connectivity index (χ1n) is 6.82. The Morgan fingerprint density at radius 3 is 2.96 bits per heavy atom. The van der Waals surface area contributed by atoms with Gasteiger partial charge in [0.05, 0.1) is 23.9 Å². The van der Waals surface area contributed by atoms with Crippen LogP contribution in [0.2, 0.25) is 0 Å². The fourth-order valence-corrected chi connectivity index (χ4v) is 3.29. The van der Waals surface area contributed by atoms with Crippen LogP contribution in [0.1, 0.15) is 10.5 Å². The van der Waals surface area contributed by atoms with E-state index in [-0.39, 0.29) is 5.91 Å². The molecule has 1 amide bonds. The van der Waals surface area contributed by atoms with Gasteiger partial charge >= 0.3 is 0 Å². The second kappa shape index (κ2) is 6.10. The number of amides is 1. The number of carbonyl (C=O) groups is 1. The van der Waals surface area contributed by atoms with E-state index in [4.69, 9.17) is 11.2 Å². The third-order valence-corrected chi connectivity index (χ3v) is 4.42.